The number of amides is 1. The van der Waals surface area contributed by atoms with Gasteiger partial charge in [0.15, 0.2) is 5.03 Å². The fraction of sp³-hybridized carbons (Fsp3) is 0.429. The molecule has 1 aliphatic rings. The topological polar surface area (TPSA) is 160 Å². The number of fused-ring (bicyclic) bond motifs is 1. The van der Waals surface area contributed by atoms with Crippen molar-refractivity contribution >= 4 is 31.6 Å². The summed E-state index contributed by atoms with van der Waals surface area (Å²) in [5, 5.41) is 9.71. The fourth-order valence-electron chi connectivity index (χ4n) is 4.73. The van der Waals surface area contributed by atoms with E-state index < -0.39 is 32.2 Å². The van der Waals surface area contributed by atoms with Gasteiger partial charge in [-0.3, -0.25) is 9.52 Å². The summed E-state index contributed by atoms with van der Waals surface area (Å²) >= 11 is 0. The summed E-state index contributed by atoms with van der Waals surface area (Å²) in [4.78, 5) is 19.0. The highest BCUT2D eigenvalue weighted by atomic mass is 32.2. The number of ether oxygens (including phenoxy) is 2. The van der Waals surface area contributed by atoms with Gasteiger partial charge in [-0.1, -0.05) is 6.92 Å². The molecule has 0 aliphatic carbocycles. The predicted molar refractivity (Wildman–Crippen MR) is 159 cm³/mol. The number of hydrogen-bond acceptors (Lipinski definition) is 9. The van der Waals surface area contributed by atoms with Crippen LogP contribution in [0.5, 0.6) is 11.5 Å². The van der Waals surface area contributed by atoms with Crippen LogP contribution in [0.4, 0.5) is 5.69 Å². The highest BCUT2D eigenvalue weighted by molar-refractivity contribution is 7.92. The predicted octanol–water partition coefficient (Wildman–Crippen LogP) is 1.70. The van der Waals surface area contributed by atoms with Crippen molar-refractivity contribution in [1.29, 1.82) is 0 Å². The van der Waals surface area contributed by atoms with E-state index in [1.54, 1.807) is 37.1 Å². The average Bonchev–Trinajstić information content (AvgIpc) is 3.43. The number of carbonyl (C=O) groups excluding carboxylic acids is 1. The highest BCUT2D eigenvalue weighted by Gasteiger charge is 2.33. The molecule has 0 bridgehead atoms. The maximum atomic E-state index is 13.5. The second-order valence-electron chi connectivity index (χ2n) is 10.7. The van der Waals surface area contributed by atoms with Crippen LogP contribution in [0.1, 0.15) is 19.4 Å². The molecule has 0 radical (unpaired) electrons. The highest BCUT2D eigenvalue weighted by Crippen LogP contribution is 2.30. The van der Waals surface area contributed by atoms with Crippen LogP contribution in [0.15, 0.2) is 64.9 Å². The third kappa shape index (κ3) is 7.29. The zero-order chi connectivity index (χ0) is 31.5. The van der Waals surface area contributed by atoms with Gasteiger partial charge in [0.1, 0.15) is 17.6 Å². The quantitative estimate of drug-likeness (QED) is 0.338. The zero-order valence-corrected chi connectivity index (χ0v) is 26.3. The Labute approximate surface area is 252 Å². The van der Waals surface area contributed by atoms with Crippen LogP contribution in [-0.2, 0) is 38.3 Å². The molecule has 4 rings (SSSR count). The summed E-state index contributed by atoms with van der Waals surface area (Å²) in [6.45, 7) is 3.46. The number of nitrogens with zero attached hydrogens (tertiary/aromatic N) is 4. The van der Waals surface area contributed by atoms with Crippen LogP contribution in [0.2, 0.25) is 0 Å². The lowest BCUT2D eigenvalue weighted by Crippen LogP contribution is -2.48. The van der Waals surface area contributed by atoms with Gasteiger partial charge in [0.2, 0.25) is 15.9 Å². The van der Waals surface area contributed by atoms with Gasteiger partial charge in [0, 0.05) is 44.0 Å². The Morgan fingerprint density at radius 2 is 1.88 bits per heavy atom. The minimum absolute atomic E-state index is 0.0431. The molecule has 43 heavy (non-hydrogen) atoms. The van der Waals surface area contributed by atoms with Crippen molar-refractivity contribution in [3.05, 3.63) is 60.6 Å². The summed E-state index contributed by atoms with van der Waals surface area (Å²) < 4.78 is 69.3. The SMILES string of the molecule is COc1ccc(S(=O)(=O)N(C)C[C@@H]2Oc3ccc(NS(=O)(=O)c4cn(C)cn4)cc3CC(=O)N([C@H](C)CO)C[C@H]2C)cc1. The number of hydrogen-bond donors (Lipinski definition) is 2. The normalized spacial score (nSPS) is 18.7. The van der Waals surface area contributed by atoms with Crippen LogP contribution in [0.3, 0.4) is 0 Å². The molecule has 234 valence electrons. The van der Waals surface area contributed by atoms with Crippen LogP contribution in [0, 0.1) is 5.92 Å². The molecule has 0 spiro atoms. The summed E-state index contributed by atoms with van der Waals surface area (Å²) in [7, 11) is -3.30. The Kier molecular flexibility index (Phi) is 9.69. The van der Waals surface area contributed by atoms with E-state index in [4.69, 9.17) is 9.47 Å². The first kappa shape index (κ1) is 32.3. The molecule has 0 saturated carbocycles. The minimum atomic E-state index is -4.00. The molecule has 13 nitrogen and oxygen atoms in total. The Morgan fingerprint density at radius 3 is 2.49 bits per heavy atom. The maximum Gasteiger partial charge on any atom is 0.280 e. The second kappa shape index (κ2) is 12.9. The number of imidazole rings is 1. The van der Waals surface area contributed by atoms with Gasteiger partial charge in [0.25, 0.3) is 10.0 Å². The number of nitrogens with one attached hydrogen (secondary N) is 1. The van der Waals surface area contributed by atoms with Crippen LogP contribution in [0.25, 0.3) is 0 Å². The summed E-state index contributed by atoms with van der Waals surface area (Å²) in [6.07, 6.45) is 1.91. The molecule has 0 fully saturated rings. The van der Waals surface area contributed by atoms with Gasteiger partial charge in [0.05, 0.1) is 43.9 Å². The van der Waals surface area contributed by atoms with Crippen molar-refractivity contribution in [2.45, 2.75) is 42.3 Å². The maximum absolute atomic E-state index is 13.5. The molecule has 1 aromatic heterocycles. The van der Waals surface area contributed by atoms with Crippen molar-refractivity contribution < 1.29 is 36.2 Å². The van der Waals surface area contributed by atoms with Crippen molar-refractivity contribution in [3.8, 4) is 11.5 Å². The number of benzene rings is 2. The van der Waals surface area contributed by atoms with Crippen LogP contribution >= 0.6 is 0 Å². The number of carbonyl (C=O) groups is 1. The molecule has 3 aromatic rings. The number of aliphatic hydroxyl groups excluding tert-OH is 1. The third-order valence-electron chi connectivity index (χ3n) is 7.33. The molecular formula is C28H37N5O8S2. The van der Waals surface area contributed by atoms with Gasteiger partial charge >= 0.3 is 0 Å². The van der Waals surface area contributed by atoms with E-state index >= 15 is 0 Å². The number of aromatic nitrogens is 2. The number of likely N-dealkylation sites (N-methyl/N-ethyl adjacent to an activating group) is 1. The van der Waals surface area contributed by atoms with E-state index in [2.05, 4.69) is 9.71 Å². The molecule has 3 atom stereocenters. The Bertz CT molecular complexity index is 1660. The Morgan fingerprint density at radius 1 is 1.19 bits per heavy atom. The molecule has 15 heteroatoms. The molecule has 0 unspecified atom stereocenters. The smallest absolute Gasteiger partial charge is 0.280 e. The van der Waals surface area contributed by atoms with E-state index in [1.807, 2.05) is 6.92 Å². The average molecular weight is 636 g/mol. The number of aliphatic hydroxyl groups is 1. The molecule has 1 aliphatic heterocycles. The lowest BCUT2D eigenvalue weighted by Gasteiger charge is -2.33. The van der Waals surface area contributed by atoms with E-state index in [0.717, 1.165) is 0 Å². The number of rotatable bonds is 10. The van der Waals surface area contributed by atoms with Gasteiger partial charge in [-0.05, 0) is 49.4 Å². The Balaban J connectivity index is 1.67. The van der Waals surface area contributed by atoms with Gasteiger partial charge in [-0.2, -0.15) is 12.7 Å². The van der Waals surface area contributed by atoms with E-state index in [1.165, 1.54) is 59.8 Å². The minimum Gasteiger partial charge on any atom is -0.497 e. The fourth-order valence-corrected chi connectivity index (χ4v) is 6.94. The standard InChI is InChI=1S/C28H37N5O8S2/c1-19-14-33(20(2)17-34)28(35)13-21-12-22(30-42(36,37)27-16-31(3)18-29-27)6-11-25(21)41-26(19)15-32(4)43(38,39)24-9-7-23(40-5)8-10-24/h6-12,16,18-20,26,30,34H,13-15,17H2,1-5H3/t19-,20-,26+/m1/s1. The number of sulfonamides is 2. The lowest BCUT2D eigenvalue weighted by atomic mass is 10.0. The molecule has 2 heterocycles. The first-order valence-corrected chi connectivity index (χ1v) is 16.5. The summed E-state index contributed by atoms with van der Waals surface area (Å²) in [5.41, 5.74) is 0.603. The summed E-state index contributed by atoms with van der Waals surface area (Å²) in [5.74, 6) is 0.207. The van der Waals surface area contributed by atoms with Crippen molar-refractivity contribution in [2.24, 2.45) is 13.0 Å². The second-order valence-corrected chi connectivity index (χ2v) is 14.3. The molecule has 0 saturated heterocycles. The number of methoxy groups -OCH3 is 1. The number of aryl methyl sites for hydroxylation is 1. The van der Waals surface area contributed by atoms with E-state index in [9.17, 15) is 26.7 Å². The first-order chi connectivity index (χ1) is 20.2. The number of anilines is 1. The van der Waals surface area contributed by atoms with E-state index in [0.29, 0.717) is 17.1 Å². The largest absolute Gasteiger partial charge is 0.497 e. The van der Waals surface area contributed by atoms with E-state index in [-0.39, 0.29) is 53.6 Å². The van der Waals surface area contributed by atoms with Gasteiger partial charge < -0.3 is 24.0 Å². The van der Waals surface area contributed by atoms with Crippen LogP contribution in [-0.4, -0.2) is 92.6 Å². The van der Waals surface area contributed by atoms with Gasteiger partial charge in [-0.25, -0.2) is 13.4 Å². The van der Waals surface area contributed by atoms with Crippen molar-refractivity contribution in [3.63, 3.8) is 0 Å². The summed E-state index contributed by atoms with van der Waals surface area (Å²) in [6, 6.07) is 10.1. The van der Waals surface area contributed by atoms with Crippen molar-refractivity contribution in [1.82, 2.24) is 18.8 Å². The zero-order valence-electron chi connectivity index (χ0n) is 24.7. The first-order valence-electron chi connectivity index (χ1n) is 13.6. The molecule has 1 amide bonds. The van der Waals surface area contributed by atoms with Crippen molar-refractivity contribution in [2.75, 3.05) is 38.6 Å². The third-order valence-corrected chi connectivity index (χ3v) is 10.4. The molecule has 2 aromatic carbocycles. The monoisotopic (exact) mass is 635 g/mol. The van der Waals surface area contributed by atoms with Gasteiger partial charge in [-0.15, -0.1) is 0 Å². The molecular weight excluding hydrogens is 598 g/mol. The van der Waals surface area contributed by atoms with Crippen LogP contribution < -0.4 is 14.2 Å². The lowest BCUT2D eigenvalue weighted by molar-refractivity contribution is -0.134. The molecule has 2 N–H and O–H groups in total. The Hall–Kier alpha value is -3.66.